The zero-order chi connectivity index (χ0) is 37.9. The topological polar surface area (TPSA) is 87.4 Å². The Morgan fingerprint density at radius 3 is 1.07 bits per heavy atom. The van der Waals surface area contributed by atoms with E-state index in [4.69, 9.17) is 0 Å². The second kappa shape index (κ2) is 16.5. The Kier molecular flexibility index (Phi) is 11.5. The van der Waals surface area contributed by atoms with Gasteiger partial charge < -0.3 is 30.2 Å². The molecule has 0 heterocycles. The molecule has 284 valence electrons. The van der Waals surface area contributed by atoms with E-state index in [9.17, 15) is 20.4 Å². The predicted molar refractivity (Wildman–Crippen MR) is 228 cm³/mol. The van der Waals surface area contributed by atoms with Crippen molar-refractivity contribution in [3.8, 4) is 11.5 Å². The number of nitrogens with zero attached hydrogens (tertiary/aromatic N) is 2. The Balaban J connectivity index is 1.43. The van der Waals surface area contributed by atoms with Gasteiger partial charge in [0.15, 0.2) is 0 Å². The summed E-state index contributed by atoms with van der Waals surface area (Å²) in [5.74, 6) is -1.01. The lowest BCUT2D eigenvalue weighted by Gasteiger charge is -2.48. The molecule has 0 bridgehead atoms. The number of hydrogen-bond donors (Lipinski definition) is 4. The first kappa shape index (κ1) is 37.8. The van der Waals surface area contributed by atoms with Crippen molar-refractivity contribution in [3.63, 3.8) is 0 Å². The summed E-state index contributed by atoms with van der Waals surface area (Å²) in [5.41, 5.74) is 3.78. The van der Waals surface area contributed by atoms with Crippen LogP contribution < -0.4 is 9.80 Å². The molecule has 1 saturated carbocycles. The predicted octanol–water partition coefficient (Wildman–Crippen LogP) is 11.1. The molecular formula is C48H58N2O4. The number of aliphatic hydroxyl groups excluding tert-OH is 2. The summed E-state index contributed by atoms with van der Waals surface area (Å²) in [6, 6.07) is 28.0. The van der Waals surface area contributed by atoms with E-state index >= 15 is 0 Å². The van der Waals surface area contributed by atoms with Gasteiger partial charge in [0.1, 0.15) is 11.5 Å². The van der Waals surface area contributed by atoms with Crippen molar-refractivity contribution in [1.29, 1.82) is 0 Å². The first-order chi connectivity index (χ1) is 26.4. The molecule has 1 aliphatic rings. The van der Waals surface area contributed by atoms with E-state index in [0.717, 1.165) is 132 Å². The summed E-state index contributed by atoms with van der Waals surface area (Å²) in [5, 5.41) is 55.8. The highest BCUT2D eigenvalue weighted by Crippen LogP contribution is 2.57. The minimum absolute atomic E-state index is 0.153. The Hall–Kier alpha value is -4.52. The van der Waals surface area contributed by atoms with Crippen LogP contribution in [0.5, 0.6) is 11.5 Å². The number of unbranched alkanes of at least 4 members (excludes halogenated alkanes) is 4. The molecule has 0 radical (unpaired) electrons. The van der Waals surface area contributed by atoms with Crippen LogP contribution in [0.1, 0.15) is 102 Å². The third kappa shape index (κ3) is 6.51. The van der Waals surface area contributed by atoms with Gasteiger partial charge in [-0.2, -0.15) is 0 Å². The highest BCUT2D eigenvalue weighted by atomic mass is 16.3. The van der Waals surface area contributed by atoms with Crippen LogP contribution in [0.4, 0.5) is 11.4 Å². The molecule has 0 spiro atoms. The number of phenols is 2. The van der Waals surface area contributed by atoms with Gasteiger partial charge in [-0.15, -0.1) is 0 Å². The minimum Gasteiger partial charge on any atom is -0.507 e. The van der Waals surface area contributed by atoms with Crippen LogP contribution >= 0.6 is 0 Å². The second-order valence-electron chi connectivity index (χ2n) is 15.4. The maximum absolute atomic E-state index is 12.5. The first-order valence-electron chi connectivity index (χ1n) is 20.6. The quantitative estimate of drug-likeness (QED) is 0.0743. The van der Waals surface area contributed by atoms with Gasteiger partial charge in [0, 0.05) is 70.3 Å². The maximum atomic E-state index is 12.5. The van der Waals surface area contributed by atoms with Crippen molar-refractivity contribution in [2.24, 2.45) is 0 Å². The van der Waals surface area contributed by atoms with Gasteiger partial charge >= 0.3 is 0 Å². The SMILES string of the molecule is CCCCN(CCCC)c1c2ccccc2c(C2C(O)C(c3c4ccccc4c(N(CCCC)CCCC)c4cccc(O)c34)C2O)c2c(O)cccc12. The molecule has 4 N–H and O–H groups in total. The summed E-state index contributed by atoms with van der Waals surface area (Å²) < 4.78 is 0. The van der Waals surface area contributed by atoms with Gasteiger partial charge in [-0.1, -0.05) is 126 Å². The van der Waals surface area contributed by atoms with Gasteiger partial charge in [0.25, 0.3) is 0 Å². The van der Waals surface area contributed by atoms with Crippen LogP contribution in [0.15, 0.2) is 84.9 Å². The van der Waals surface area contributed by atoms with E-state index < -0.39 is 24.0 Å². The Morgan fingerprint density at radius 1 is 0.426 bits per heavy atom. The van der Waals surface area contributed by atoms with Crippen molar-refractivity contribution < 1.29 is 20.4 Å². The molecule has 0 aromatic heterocycles. The van der Waals surface area contributed by atoms with Crippen LogP contribution in [-0.2, 0) is 0 Å². The fraction of sp³-hybridized carbons (Fsp3) is 0.417. The average Bonchev–Trinajstić information content (AvgIpc) is 3.19. The molecule has 0 saturated heterocycles. The Labute approximate surface area is 320 Å². The normalized spacial score (nSPS) is 18.5. The van der Waals surface area contributed by atoms with Crippen LogP contribution in [0.25, 0.3) is 43.1 Å². The van der Waals surface area contributed by atoms with Crippen molar-refractivity contribution >= 4 is 54.5 Å². The fourth-order valence-corrected chi connectivity index (χ4v) is 9.28. The zero-order valence-corrected chi connectivity index (χ0v) is 32.6. The molecule has 1 fully saturated rings. The van der Waals surface area contributed by atoms with Crippen molar-refractivity contribution in [2.45, 2.75) is 103 Å². The molecule has 0 atom stereocenters. The number of benzene rings is 6. The molecule has 6 aromatic carbocycles. The first-order valence-corrected chi connectivity index (χ1v) is 20.6. The molecule has 54 heavy (non-hydrogen) atoms. The van der Waals surface area contributed by atoms with Gasteiger partial charge in [-0.25, -0.2) is 0 Å². The molecule has 6 nitrogen and oxygen atoms in total. The number of anilines is 2. The van der Waals surface area contributed by atoms with Gasteiger partial charge in [-0.3, -0.25) is 0 Å². The van der Waals surface area contributed by atoms with Crippen LogP contribution in [0.3, 0.4) is 0 Å². The summed E-state index contributed by atoms with van der Waals surface area (Å²) in [6.45, 7) is 12.5. The lowest BCUT2D eigenvalue weighted by molar-refractivity contribution is -0.0766. The third-order valence-electron chi connectivity index (χ3n) is 12.0. The number of rotatable bonds is 16. The molecule has 7 rings (SSSR count). The Bertz CT molecular complexity index is 2070. The highest BCUT2D eigenvalue weighted by molar-refractivity contribution is 6.17. The summed E-state index contributed by atoms with van der Waals surface area (Å²) in [6.07, 6.45) is 6.63. The average molecular weight is 727 g/mol. The number of aromatic hydroxyl groups is 2. The zero-order valence-electron chi connectivity index (χ0n) is 32.6. The van der Waals surface area contributed by atoms with Crippen molar-refractivity contribution in [3.05, 3.63) is 96.1 Å². The number of phenolic OH excluding ortho intramolecular Hbond substituents is 2. The van der Waals surface area contributed by atoms with Crippen LogP contribution in [-0.4, -0.2) is 58.8 Å². The molecule has 0 amide bonds. The molecule has 0 unspecified atom stereocenters. The second-order valence-corrected chi connectivity index (χ2v) is 15.4. The third-order valence-corrected chi connectivity index (χ3v) is 12.0. The van der Waals surface area contributed by atoms with E-state index in [-0.39, 0.29) is 11.5 Å². The van der Waals surface area contributed by atoms with E-state index in [1.54, 1.807) is 12.1 Å². The van der Waals surface area contributed by atoms with Gasteiger partial charge in [0.2, 0.25) is 0 Å². The number of aliphatic hydroxyl groups is 2. The smallest absolute Gasteiger partial charge is 0.123 e. The Morgan fingerprint density at radius 2 is 0.741 bits per heavy atom. The van der Waals surface area contributed by atoms with Gasteiger partial charge in [-0.05, 0) is 59.7 Å². The van der Waals surface area contributed by atoms with Crippen molar-refractivity contribution in [1.82, 2.24) is 0 Å². The summed E-state index contributed by atoms with van der Waals surface area (Å²) in [4.78, 5) is 4.95. The van der Waals surface area contributed by atoms with E-state index in [1.807, 2.05) is 24.3 Å². The standard InChI is InChI=1S/C48H58N2O4/c1-5-9-27-49(28-10-6-2)45-33-21-15-13-19-31(33)41(39-35(45)23-17-25-37(39)51)43-47(53)44(48(43)54)42-32-20-14-16-22-34(32)46(36-24-18-26-38(52)40(36)42)50(29-11-7-3)30-12-8-4/h13-26,43-44,47-48,51-54H,5-12,27-30H2,1-4H3. The van der Waals surface area contributed by atoms with E-state index in [1.165, 1.54) is 0 Å². The number of hydrogen-bond acceptors (Lipinski definition) is 6. The van der Waals surface area contributed by atoms with Crippen molar-refractivity contribution in [2.75, 3.05) is 36.0 Å². The molecule has 6 heteroatoms. The summed E-state index contributed by atoms with van der Waals surface area (Å²) >= 11 is 0. The van der Waals surface area contributed by atoms with Crippen LogP contribution in [0.2, 0.25) is 0 Å². The highest BCUT2D eigenvalue weighted by Gasteiger charge is 2.53. The lowest BCUT2D eigenvalue weighted by Crippen LogP contribution is -2.52. The summed E-state index contributed by atoms with van der Waals surface area (Å²) in [7, 11) is 0. The maximum Gasteiger partial charge on any atom is 0.123 e. The molecule has 0 aliphatic heterocycles. The fourth-order valence-electron chi connectivity index (χ4n) is 9.28. The molecule has 6 aromatic rings. The van der Waals surface area contributed by atoms with Crippen LogP contribution in [0, 0.1) is 0 Å². The monoisotopic (exact) mass is 726 g/mol. The van der Waals surface area contributed by atoms with E-state index in [2.05, 4.69) is 86.0 Å². The minimum atomic E-state index is -0.971. The number of fused-ring (bicyclic) bond motifs is 4. The van der Waals surface area contributed by atoms with E-state index in [0.29, 0.717) is 10.8 Å². The lowest BCUT2D eigenvalue weighted by atomic mass is 9.60. The molecular weight excluding hydrogens is 669 g/mol. The molecule has 1 aliphatic carbocycles. The largest absolute Gasteiger partial charge is 0.507 e. The van der Waals surface area contributed by atoms with Gasteiger partial charge in [0.05, 0.1) is 23.6 Å².